The van der Waals surface area contributed by atoms with Crippen LogP contribution in [0.5, 0.6) is 5.75 Å². The highest BCUT2D eigenvalue weighted by atomic mass is 35.5. The lowest BCUT2D eigenvalue weighted by atomic mass is 10.2. The molecule has 0 heterocycles. The van der Waals surface area contributed by atoms with E-state index in [0.717, 1.165) is 0 Å². The van der Waals surface area contributed by atoms with Gasteiger partial charge in [-0.05, 0) is 36.4 Å². The molecule has 0 aliphatic heterocycles. The Kier molecular flexibility index (Phi) is 3.98. The fourth-order valence-corrected chi connectivity index (χ4v) is 2.02. The van der Waals surface area contributed by atoms with Crippen LogP contribution in [0.25, 0.3) is 0 Å². The second kappa shape index (κ2) is 5.51. The summed E-state index contributed by atoms with van der Waals surface area (Å²) in [6.45, 7) is 0. The van der Waals surface area contributed by atoms with Gasteiger partial charge in [0, 0.05) is 12.7 Å². The van der Waals surface area contributed by atoms with Gasteiger partial charge in [0.05, 0.1) is 15.6 Å². The topological polar surface area (TPSA) is 40.5 Å². The molecule has 0 aliphatic rings. The van der Waals surface area contributed by atoms with E-state index < -0.39 is 0 Å². The van der Waals surface area contributed by atoms with Crippen LogP contribution >= 0.6 is 23.2 Å². The first-order valence-electron chi connectivity index (χ1n) is 5.52. The number of carbonyl (C=O) groups excluding carboxylic acids is 1. The van der Waals surface area contributed by atoms with E-state index in [4.69, 9.17) is 23.2 Å². The number of aromatic hydroxyl groups is 1. The summed E-state index contributed by atoms with van der Waals surface area (Å²) in [4.78, 5) is 13.8. The van der Waals surface area contributed by atoms with Gasteiger partial charge in [-0.1, -0.05) is 29.3 Å². The van der Waals surface area contributed by atoms with E-state index >= 15 is 0 Å². The Bertz CT molecular complexity index is 611. The van der Waals surface area contributed by atoms with Gasteiger partial charge < -0.3 is 10.0 Å². The first kappa shape index (κ1) is 13.7. The van der Waals surface area contributed by atoms with Gasteiger partial charge in [-0.2, -0.15) is 0 Å². The van der Waals surface area contributed by atoms with Crippen LogP contribution in [0.1, 0.15) is 10.4 Å². The molecule has 19 heavy (non-hydrogen) atoms. The molecule has 0 fully saturated rings. The molecule has 0 aromatic heterocycles. The molecule has 0 saturated carbocycles. The minimum absolute atomic E-state index is 0.144. The van der Waals surface area contributed by atoms with Crippen molar-refractivity contribution in [2.24, 2.45) is 0 Å². The van der Waals surface area contributed by atoms with E-state index in [-0.39, 0.29) is 16.7 Å². The smallest absolute Gasteiger partial charge is 0.259 e. The summed E-state index contributed by atoms with van der Waals surface area (Å²) >= 11 is 11.9. The van der Waals surface area contributed by atoms with Crippen LogP contribution in [0.3, 0.4) is 0 Å². The molecule has 5 heteroatoms. The molecule has 0 saturated heterocycles. The quantitative estimate of drug-likeness (QED) is 0.910. The molecule has 1 N–H and O–H groups in total. The van der Waals surface area contributed by atoms with E-state index in [1.807, 2.05) is 0 Å². The second-order valence-electron chi connectivity index (χ2n) is 3.98. The van der Waals surface area contributed by atoms with Crippen LogP contribution in [-0.4, -0.2) is 18.1 Å². The highest BCUT2D eigenvalue weighted by Gasteiger charge is 2.17. The average molecular weight is 296 g/mol. The highest BCUT2D eigenvalue weighted by molar-refractivity contribution is 6.44. The first-order valence-corrected chi connectivity index (χ1v) is 6.27. The summed E-state index contributed by atoms with van der Waals surface area (Å²) in [7, 11) is 1.63. The number of phenolic OH excluding ortho intramolecular Hbond substituents is 1. The third kappa shape index (κ3) is 2.83. The van der Waals surface area contributed by atoms with Gasteiger partial charge in [-0.15, -0.1) is 0 Å². The summed E-state index contributed by atoms with van der Waals surface area (Å²) in [5.41, 5.74) is 0.989. The molecule has 1 amide bonds. The van der Waals surface area contributed by atoms with Crippen molar-refractivity contribution in [3.63, 3.8) is 0 Å². The van der Waals surface area contributed by atoms with Crippen molar-refractivity contribution < 1.29 is 9.90 Å². The van der Waals surface area contributed by atoms with Crippen LogP contribution in [0.15, 0.2) is 42.5 Å². The van der Waals surface area contributed by atoms with E-state index in [9.17, 15) is 9.90 Å². The molecule has 2 aromatic rings. The van der Waals surface area contributed by atoms with Crippen molar-refractivity contribution in [2.75, 3.05) is 11.9 Å². The van der Waals surface area contributed by atoms with Crippen LogP contribution in [0, 0.1) is 0 Å². The van der Waals surface area contributed by atoms with Crippen LogP contribution in [0.2, 0.25) is 10.0 Å². The van der Waals surface area contributed by atoms with Gasteiger partial charge in [0.1, 0.15) is 5.75 Å². The number of rotatable bonds is 2. The van der Waals surface area contributed by atoms with Gasteiger partial charge >= 0.3 is 0 Å². The Morgan fingerprint density at radius 2 is 1.74 bits per heavy atom. The number of carbonyl (C=O) groups is 1. The normalized spacial score (nSPS) is 10.3. The maximum absolute atomic E-state index is 12.3. The number of halogens is 2. The number of hydrogen-bond donors (Lipinski definition) is 1. The molecular formula is C14H11Cl2NO2. The standard InChI is InChI=1S/C14H11Cl2NO2/c1-17(9-5-7-10(18)8-6-9)14(19)11-3-2-4-12(15)13(11)16/h2-8,18H,1H3. The monoisotopic (exact) mass is 295 g/mol. The summed E-state index contributed by atoms with van der Waals surface area (Å²) in [5.74, 6) is -0.122. The molecule has 0 aliphatic carbocycles. The van der Waals surface area contributed by atoms with Crippen molar-refractivity contribution in [1.82, 2.24) is 0 Å². The molecule has 0 bridgehead atoms. The number of nitrogens with zero attached hydrogens (tertiary/aromatic N) is 1. The Labute approximate surface area is 121 Å². The number of anilines is 1. The van der Waals surface area contributed by atoms with Crippen LogP contribution in [0.4, 0.5) is 5.69 Å². The number of benzene rings is 2. The second-order valence-corrected chi connectivity index (χ2v) is 4.77. The van der Waals surface area contributed by atoms with E-state index in [2.05, 4.69) is 0 Å². The minimum atomic E-state index is -0.266. The zero-order valence-electron chi connectivity index (χ0n) is 10.1. The number of hydrogen-bond acceptors (Lipinski definition) is 2. The third-order valence-electron chi connectivity index (χ3n) is 2.72. The number of phenols is 1. The summed E-state index contributed by atoms with van der Waals surface area (Å²) < 4.78 is 0. The maximum Gasteiger partial charge on any atom is 0.259 e. The summed E-state index contributed by atoms with van der Waals surface area (Å²) in [6.07, 6.45) is 0. The SMILES string of the molecule is CN(C(=O)c1cccc(Cl)c1Cl)c1ccc(O)cc1. The predicted molar refractivity (Wildman–Crippen MR) is 77.3 cm³/mol. The van der Waals surface area contributed by atoms with Gasteiger partial charge in [-0.3, -0.25) is 4.79 Å². The van der Waals surface area contributed by atoms with Crippen molar-refractivity contribution in [3.05, 3.63) is 58.1 Å². The molecule has 2 aromatic carbocycles. The highest BCUT2D eigenvalue weighted by Crippen LogP contribution is 2.27. The molecule has 3 nitrogen and oxygen atoms in total. The van der Waals surface area contributed by atoms with E-state index in [1.165, 1.54) is 17.0 Å². The van der Waals surface area contributed by atoms with E-state index in [0.29, 0.717) is 16.3 Å². The number of amides is 1. The molecule has 0 atom stereocenters. The van der Waals surface area contributed by atoms with Crippen molar-refractivity contribution in [3.8, 4) is 5.75 Å². The fourth-order valence-electron chi connectivity index (χ4n) is 1.64. The minimum Gasteiger partial charge on any atom is -0.508 e. The van der Waals surface area contributed by atoms with Gasteiger partial charge in [0.15, 0.2) is 0 Å². The lowest BCUT2D eigenvalue weighted by Crippen LogP contribution is -2.26. The van der Waals surface area contributed by atoms with Crippen molar-refractivity contribution in [1.29, 1.82) is 0 Å². The molecule has 2 rings (SSSR count). The summed E-state index contributed by atoms with van der Waals surface area (Å²) in [6, 6.07) is 11.2. The lowest BCUT2D eigenvalue weighted by Gasteiger charge is -2.18. The van der Waals surface area contributed by atoms with Gasteiger partial charge in [0.2, 0.25) is 0 Å². The van der Waals surface area contributed by atoms with Crippen LogP contribution < -0.4 is 4.90 Å². The average Bonchev–Trinajstić information content (AvgIpc) is 2.41. The Hall–Kier alpha value is -1.71. The molecule has 0 spiro atoms. The lowest BCUT2D eigenvalue weighted by molar-refractivity contribution is 0.0993. The fraction of sp³-hybridized carbons (Fsp3) is 0.0714. The molecular weight excluding hydrogens is 285 g/mol. The molecule has 98 valence electrons. The molecule has 0 unspecified atom stereocenters. The Morgan fingerprint density at radius 3 is 2.37 bits per heavy atom. The predicted octanol–water partition coefficient (Wildman–Crippen LogP) is 3.98. The zero-order valence-corrected chi connectivity index (χ0v) is 11.6. The largest absolute Gasteiger partial charge is 0.508 e. The maximum atomic E-state index is 12.3. The van der Waals surface area contributed by atoms with Gasteiger partial charge in [0.25, 0.3) is 5.91 Å². The van der Waals surface area contributed by atoms with Crippen LogP contribution in [-0.2, 0) is 0 Å². The Balaban J connectivity index is 2.33. The van der Waals surface area contributed by atoms with Crippen molar-refractivity contribution >= 4 is 34.8 Å². The molecule has 0 radical (unpaired) electrons. The van der Waals surface area contributed by atoms with Crippen molar-refractivity contribution in [2.45, 2.75) is 0 Å². The summed E-state index contributed by atoms with van der Waals surface area (Å²) in [5, 5.41) is 9.81. The van der Waals surface area contributed by atoms with Gasteiger partial charge in [-0.25, -0.2) is 0 Å². The van der Waals surface area contributed by atoms with E-state index in [1.54, 1.807) is 37.4 Å². The third-order valence-corrected chi connectivity index (χ3v) is 3.54. The first-order chi connectivity index (χ1) is 9.00. The Morgan fingerprint density at radius 1 is 1.11 bits per heavy atom. The zero-order chi connectivity index (χ0) is 14.0.